The monoisotopic (exact) mass is 264 g/mol. The highest BCUT2D eigenvalue weighted by Gasteiger charge is 2.04. The van der Waals surface area contributed by atoms with Crippen LogP contribution in [0.25, 0.3) is 0 Å². The van der Waals surface area contributed by atoms with Crippen molar-refractivity contribution in [3.05, 3.63) is 23.9 Å². The first kappa shape index (κ1) is 15.4. The number of pyridine rings is 1. The molecule has 0 saturated carbocycles. The molecule has 2 N–H and O–H groups in total. The molecule has 5 nitrogen and oxygen atoms in total. The molecule has 106 valence electrons. The SMILES string of the molecule is CCCNC(=O)c1ccc(NCCCN(C)C)nc1. The first-order chi connectivity index (χ1) is 9.13. The fourth-order valence-electron chi connectivity index (χ4n) is 1.59. The van der Waals surface area contributed by atoms with Gasteiger partial charge < -0.3 is 15.5 Å². The fraction of sp³-hybridized carbons (Fsp3) is 0.571. The van der Waals surface area contributed by atoms with Gasteiger partial charge in [-0.25, -0.2) is 4.98 Å². The first-order valence-electron chi connectivity index (χ1n) is 6.76. The van der Waals surface area contributed by atoms with Crippen LogP contribution in [0.1, 0.15) is 30.1 Å². The molecule has 19 heavy (non-hydrogen) atoms. The molecule has 0 aromatic carbocycles. The van der Waals surface area contributed by atoms with Gasteiger partial charge in [0.05, 0.1) is 5.56 Å². The highest BCUT2D eigenvalue weighted by molar-refractivity contribution is 5.93. The second kappa shape index (κ2) is 8.48. The maximum absolute atomic E-state index is 11.7. The molecule has 0 unspecified atom stereocenters. The largest absolute Gasteiger partial charge is 0.370 e. The molecule has 1 rings (SSSR count). The lowest BCUT2D eigenvalue weighted by Gasteiger charge is -2.10. The van der Waals surface area contributed by atoms with E-state index in [1.807, 2.05) is 13.0 Å². The Morgan fingerprint density at radius 3 is 2.68 bits per heavy atom. The lowest BCUT2D eigenvalue weighted by Crippen LogP contribution is -2.24. The Kier molecular flexibility index (Phi) is 6.89. The number of hydrogen-bond acceptors (Lipinski definition) is 4. The standard InChI is InChI=1S/C14H24N4O/c1-4-8-16-14(19)12-6-7-13(17-11-12)15-9-5-10-18(2)3/h6-7,11H,4-5,8-10H2,1-3H3,(H,15,17)(H,16,19). The highest BCUT2D eigenvalue weighted by atomic mass is 16.1. The zero-order valence-electron chi connectivity index (χ0n) is 12.1. The quantitative estimate of drug-likeness (QED) is 0.700. The summed E-state index contributed by atoms with van der Waals surface area (Å²) < 4.78 is 0. The van der Waals surface area contributed by atoms with Crippen LogP contribution in [0.3, 0.4) is 0 Å². The van der Waals surface area contributed by atoms with Crippen molar-refractivity contribution in [1.29, 1.82) is 0 Å². The van der Waals surface area contributed by atoms with Gasteiger partial charge in [0.15, 0.2) is 0 Å². The number of nitrogens with one attached hydrogen (secondary N) is 2. The Morgan fingerprint density at radius 2 is 2.11 bits per heavy atom. The van der Waals surface area contributed by atoms with Gasteiger partial charge in [-0.15, -0.1) is 0 Å². The van der Waals surface area contributed by atoms with Crippen molar-refractivity contribution < 1.29 is 4.79 Å². The molecular weight excluding hydrogens is 240 g/mol. The number of hydrogen-bond donors (Lipinski definition) is 2. The molecule has 0 bridgehead atoms. The van der Waals surface area contributed by atoms with Crippen molar-refractivity contribution >= 4 is 11.7 Å². The normalized spacial score (nSPS) is 10.5. The van der Waals surface area contributed by atoms with E-state index in [0.717, 1.165) is 31.7 Å². The zero-order valence-corrected chi connectivity index (χ0v) is 12.1. The van der Waals surface area contributed by atoms with Gasteiger partial charge in [0.1, 0.15) is 5.82 Å². The summed E-state index contributed by atoms with van der Waals surface area (Å²) in [5, 5.41) is 6.07. The minimum Gasteiger partial charge on any atom is -0.370 e. The van der Waals surface area contributed by atoms with Crippen molar-refractivity contribution in [1.82, 2.24) is 15.2 Å². The van der Waals surface area contributed by atoms with E-state index in [0.29, 0.717) is 12.1 Å². The fourth-order valence-corrected chi connectivity index (χ4v) is 1.59. The number of carbonyl (C=O) groups excluding carboxylic acids is 1. The van der Waals surface area contributed by atoms with E-state index < -0.39 is 0 Å². The van der Waals surface area contributed by atoms with Crippen molar-refractivity contribution in [2.24, 2.45) is 0 Å². The summed E-state index contributed by atoms with van der Waals surface area (Å²) in [4.78, 5) is 18.1. The summed E-state index contributed by atoms with van der Waals surface area (Å²) in [5.41, 5.74) is 0.604. The Hall–Kier alpha value is -1.62. The molecule has 0 aliphatic heterocycles. The molecule has 0 spiro atoms. The minimum atomic E-state index is -0.0616. The predicted molar refractivity (Wildman–Crippen MR) is 78.5 cm³/mol. The van der Waals surface area contributed by atoms with Gasteiger partial charge in [-0.3, -0.25) is 4.79 Å². The van der Waals surface area contributed by atoms with Crippen molar-refractivity contribution in [3.63, 3.8) is 0 Å². The van der Waals surface area contributed by atoms with Crippen LogP contribution in [0.15, 0.2) is 18.3 Å². The maximum Gasteiger partial charge on any atom is 0.252 e. The van der Waals surface area contributed by atoms with Crippen molar-refractivity contribution in [2.45, 2.75) is 19.8 Å². The van der Waals surface area contributed by atoms with Gasteiger partial charge >= 0.3 is 0 Å². The molecule has 1 aromatic heterocycles. The highest BCUT2D eigenvalue weighted by Crippen LogP contribution is 2.05. The molecule has 0 fully saturated rings. The summed E-state index contributed by atoms with van der Waals surface area (Å²) in [6.45, 7) is 4.65. The third-order valence-corrected chi connectivity index (χ3v) is 2.65. The van der Waals surface area contributed by atoms with Crippen LogP contribution in [0.2, 0.25) is 0 Å². The molecule has 5 heteroatoms. The van der Waals surface area contributed by atoms with Crippen LogP contribution in [0, 0.1) is 0 Å². The third-order valence-electron chi connectivity index (χ3n) is 2.65. The molecular formula is C14H24N4O. The van der Waals surface area contributed by atoms with Crippen LogP contribution < -0.4 is 10.6 Å². The summed E-state index contributed by atoms with van der Waals surface area (Å²) in [6, 6.07) is 3.64. The number of carbonyl (C=O) groups is 1. The minimum absolute atomic E-state index is 0.0616. The predicted octanol–water partition coefficient (Wildman–Crippen LogP) is 1.58. The molecule has 0 radical (unpaired) electrons. The average molecular weight is 264 g/mol. The Labute approximate surface area is 115 Å². The number of amides is 1. The van der Waals surface area contributed by atoms with Gasteiger partial charge in [0.25, 0.3) is 5.91 Å². The number of anilines is 1. The number of aromatic nitrogens is 1. The smallest absolute Gasteiger partial charge is 0.252 e. The Balaban J connectivity index is 2.36. The van der Waals surface area contributed by atoms with E-state index in [1.54, 1.807) is 12.3 Å². The van der Waals surface area contributed by atoms with Crippen molar-refractivity contribution in [2.75, 3.05) is 39.0 Å². The van der Waals surface area contributed by atoms with Crippen LogP contribution in [-0.2, 0) is 0 Å². The summed E-state index contributed by atoms with van der Waals surface area (Å²) in [7, 11) is 4.11. The number of nitrogens with zero attached hydrogens (tertiary/aromatic N) is 2. The number of rotatable bonds is 8. The van der Waals surface area contributed by atoms with E-state index in [9.17, 15) is 4.79 Å². The summed E-state index contributed by atoms with van der Waals surface area (Å²) in [5.74, 6) is 0.749. The van der Waals surface area contributed by atoms with Crippen LogP contribution in [0.4, 0.5) is 5.82 Å². The van der Waals surface area contributed by atoms with E-state index >= 15 is 0 Å². The average Bonchev–Trinajstić information content (AvgIpc) is 2.41. The molecule has 0 aliphatic rings. The topological polar surface area (TPSA) is 57.3 Å². The molecule has 0 atom stereocenters. The van der Waals surface area contributed by atoms with Gasteiger partial charge in [-0.1, -0.05) is 6.92 Å². The van der Waals surface area contributed by atoms with Crippen LogP contribution in [0.5, 0.6) is 0 Å². The Morgan fingerprint density at radius 1 is 1.32 bits per heavy atom. The van der Waals surface area contributed by atoms with E-state index in [1.165, 1.54) is 0 Å². The lowest BCUT2D eigenvalue weighted by molar-refractivity contribution is 0.0953. The second-order valence-corrected chi connectivity index (χ2v) is 4.77. The molecule has 0 saturated heterocycles. The molecule has 1 heterocycles. The maximum atomic E-state index is 11.7. The van der Waals surface area contributed by atoms with Gasteiger partial charge in [-0.2, -0.15) is 0 Å². The summed E-state index contributed by atoms with van der Waals surface area (Å²) >= 11 is 0. The second-order valence-electron chi connectivity index (χ2n) is 4.77. The van der Waals surface area contributed by atoms with Crippen molar-refractivity contribution in [3.8, 4) is 0 Å². The third kappa shape index (κ3) is 6.20. The van der Waals surface area contributed by atoms with Gasteiger partial charge in [-0.05, 0) is 45.6 Å². The molecule has 1 aromatic rings. The molecule has 1 amide bonds. The van der Waals surface area contributed by atoms with E-state index in [2.05, 4.69) is 34.6 Å². The van der Waals surface area contributed by atoms with Crippen LogP contribution in [-0.4, -0.2) is 49.5 Å². The van der Waals surface area contributed by atoms with Gasteiger partial charge in [0.2, 0.25) is 0 Å². The Bertz CT molecular complexity index is 376. The van der Waals surface area contributed by atoms with Crippen LogP contribution >= 0.6 is 0 Å². The lowest BCUT2D eigenvalue weighted by atomic mass is 10.2. The molecule has 0 aliphatic carbocycles. The van der Waals surface area contributed by atoms with Gasteiger partial charge in [0, 0.05) is 19.3 Å². The zero-order chi connectivity index (χ0) is 14.1. The van der Waals surface area contributed by atoms with E-state index in [4.69, 9.17) is 0 Å². The first-order valence-corrected chi connectivity index (χ1v) is 6.76. The summed E-state index contributed by atoms with van der Waals surface area (Å²) in [6.07, 6.45) is 3.61. The van der Waals surface area contributed by atoms with E-state index in [-0.39, 0.29) is 5.91 Å².